The van der Waals surface area contributed by atoms with Crippen molar-refractivity contribution in [3.05, 3.63) is 60.2 Å². The minimum atomic E-state index is -3.28. The van der Waals surface area contributed by atoms with Gasteiger partial charge in [-0.25, -0.2) is 13.8 Å². The molecule has 0 spiro atoms. The van der Waals surface area contributed by atoms with Crippen LogP contribution in [0.15, 0.2) is 54.6 Å². The minimum absolute atomic E-state index is 0.494. The second kappa shape index (κ2) is 6.40. The molecule has 0 amide bonds. The van der Waals surface area contributed by atoms with Crippen molar-refractivity contribution in [3.8, 4) is 0 Å². The van der Waals surface area contributed by atoms with E-state index in [2.05, 4.69) is 15.6 Å². The van der Waals surface area contributed by atoms with Crippen molar-refractivity contribution in [3.63, 3.8) is 0 Å². The Morgan fingerprint density at radius 3 is 2.30 bits per heavy atom. The summed E-state index contributed by atoms with van der Waals surface area (Å²) in [5, 5.41) is 0. The van der Waals surface area contributed by atoms with Gasteiger partial charge in [0.2, 0.25) is 10.0 Å². The molecule has 0 aliphatic rings. The number of sulfonamides is 1. The zero-order valence-electron chi connectivity index (χ0n) is 11.1. The molecule has 0 aliphatic heterocycles. The maximum absolute atomic E-state index is 11.3. The first-order valence-electron chi connectivity index (χ1n) is 6.14. The van der Waals surface area contributed by atoms with E-state index in [1.165, 1.54) is 0 Å². The standard InChI is InChI=1S/C14H17N3O2S/c1-20(18,19)17-14-10-6-5-7-12(14)11-15-16-13-8-3-2-4-9-13/h2-10,15-17H,11H2,1H3. The highest BCUT2D eigenvalue weighted by Crippen LogP contribution is 2.16. The lowest BCUT2D eigenvalue weighted by Gasteiger charge is -2.12. The van der Waals surface area contributed by atoms with E-state index < -0.39 is 10.0 Å². The molecule has 0 aromatic heterocycles. The summed E-state index contributed by atoms with van der Waals surface area (Å²) in [4.78, 5) is 0. The molecule has 0 bridgehead atoms. The SMILES string of the molecule is CS(=O)(=O)Nc1ccccc1CNNc1ccccc1. The van der Waals surface area contributed by atoms with Crippen molar-refractivity contribution in [1.29, 1.82) is 0 Å². The Labute approximate surface area is 119 Å². The van der Waals surface area contributed by atoms with Gasteiger partial charge in [0.05, 0.1) is 11.9 Å². The van der Waals surface area contributed by atoms with Crippen molar-refractivity contribution in [2.24, 2.45) is 0 Å². The average molecular weight is 291 g/mol. The van der Waals surface area contributed by atoms with Crippen molar-refractivity contribution < 1.29 is 8.42 Å². The van der Waals surface area contributed by atoms with Crippen LogP contribution in [0.25, 0.3) is 0 Å². The highest BCUT2D eigenvalue weighted by Gasteiger charge is 2.06. The highest BCUT2D eigenvalue weighted by atomic mass is 32.2. The van der Waals surface area contributed by atoms with Crippen LogP contribution in [0, 0.1) is 0 Å². The van der Waals surface area contributed by atoms with Crippen LogP contribution in [-0.4, -0.2) is 14.7 Å². The third kappa shape index (κ3) is 4.56. The van der Waals surface area contributed by atoms with E-state index in [1.807, 2.05) is 42.5 Å². The van der Waals surface area contributed by atoms with Crippen molar-refractivity contribution in [2.45, 2.75) is 6.54 Å². The molecule has 6 heteroatoms. The average Bonchev–Trinajstić information content (AvgIpc) is 2.40. The first-order chi connectivity index (χ1) is 9.54. The topological polar surface area (TPSA) is 70.2 Å². The second-order valence-electron chi connectivity index (χ2n) is 4.38. The lowest BCUT2D eigenvalue weighted by molar-refractivity contribution is 0.606. The maximum atomic E-state index is 11.3. The molecule has 0 saturated carbocycles. The number of anilines is 2. The van der Waals surface area contributed by atoms with E-state index in [1.54, 1.807) is 12.1 Å². The molecule has 0 atom stereocenters. The second-order valence-corrected chi connectivity index (χ2v) is 6.12. The van der Waals surface area contributed by atoms with Gasteiger partial charge in [0.15, 0.2) is 0 Å². The van der Waals surface area contributed by atoms with Crippen LogP contribution in [0.5, 0.6) is 0 Å². The molecule has 0 heterocycles. The van der Waals surface area contributed by atoms with Gasteiger partial charge in [-0.15, -0.1) is 0 Å². The molecular weight excluding hydrogens is 274 g/mol. The number of hydrogen-bond acceptors (Lipinski definition) is 4. The number of hydrazine groups is 1. The number of rotatable bonds is 6. The molecule has 0 fully saturated rings. The molecule has 5 nitrogen and oxygen atoms in total. The van der Waals surface area contributed by atoms with E-state index >= 15 is 0 Å². The molecule has 20 heavy (non-hydrogen) atoms. The van der Waals surface area contributed by atoms with Crippen molar-refractivity contribution in [1.82, 2.24) is 5.43 Å². The first kappa shape index (κ1) is 14.4. The summed E-state index contributed by atoms with van der Waals surface area (Å²) >= 11 is 0. The summed E-state index contributed by atoms with van der Waals surface area (Å²) in [5.41, 5.74) is 8.50. The number of benzene rings is 2. The molecule has 2 rings (SSSR count). The van der Waals surface area contributed by atoms with Crippen molar-refractivity contribution >= 4 is 21.4 Å². The number of hydrogen-bond donors (Lipinski definition) is 3. The van der Waals surface area contributed by atoms with E-state index in [9.17, 15) is 8.42 Å². The Bertz CT molecular complexity index is 657. The van der Waals surface area contributed by atoms with Gasteiger partial charge >= 0.3 is 0 Å². The summed E-state index contributed by atoms with van der Waals surface area (Å²) in [7, 11) is -3.28. The van der Waals surface area contributed by atoms with Crippen LogP contribution in [0.3, 0.4) is 0 Å². The first-order valence-corrected chi connectivity index (χ1v) is 8.03. The highest BCUT2D eigenvalue weighted by molar-refractivity contribution is 7.92. The molecule has 3 N–H and O–H groups in total. The fourth-order valence-electron chi connectivity index (χ4n) is 1.74. The van der Waals surface area contributed by atoms with Crippen LogP contribution in [0.4, 0.5) is 11.4 Å². The number of nitrogens with one attached hydrogen (secondary N) is 3. The Morgan fingerprint density at radius 2 is 1.60 bits per heavy atom. The smallest absolute Gasteiger partial charge is 0.229 e. The van der Waals surface area contributed by atoms with Gasteiger partial charge in [0, 0.05) is 12.2 Å². The van der Waals surface area contributed by atoms with Crippen molar-refractivity contribution in [2.75, 3.05) is 16.4 Å². The quantitative estimate of drug-likeness (QED) is 0.713. The lowest BCUT2D eigenvalue weighted by Crippen LogP contribution is -2.22. The molecule has 0 unspecified atom stereocenters. The molecule has 2 aromatic carbocycles. The summed E-state index contributed by atoms with van der Waals surface area (Å²) in [6, 6.07) is 17.0. The Morgan fingerprint density at radius 1 is 0.950 bits per heavy atom. The predicted octanol–water partition coefficient (Wildman–Crippen LogP) is 2.17. The Balaban J connectivity index is 1.99. The summed E-state index contributed by atoms with van der Waals surface area (Å²) in [6.45, 7) is 0.494. The van der Waals surface area contributed by atoms with Gasteiger partial charge in [0.1, 0.15) is 0 Å². The van der Waals surface area contributed by atoms with Crippen LogP contribution >= 0.6 is 0 Å². The van der Waals surface area contributed by atoms with Gasteiger partial charge in [-0.3, -0.25) is 4.72 Å². The van der Waals surface area contributed by atoms with E-state index in [-0.39, 0.29) is 0 Å². The molecule has 106 valence electrons. The zero-order chi connectivity index (χ0) is 14.4. The molecular formula is C14H17N3O2S. The van der Waals surface area contributed by atoms with Crippen LogP contribution in [-0.2, 0) is 16.6 Å². The maximum Gasteiger partial charge on any atom is 0.229 e. The van der Waals surface area contributed by atoms with Crippen LogP contribution in [0.2, 0.25) is 0 Å². The van der Waals surface area contributed by atoms with E-state index in [4.69, 9.17) is 0 Å². The summed E-state index contributed by atoms with van der Waals surface area (Å²) < 4.78 is 25.1. The molecule has 0 aliphatic carbocycles. The zero-order valence-corrected chi connectivity index (χ0v) is 11.9. The van der Waals surface area contributed by atoms with Crippen LogP contribution < -0.4 is 15.6 Å². The third-order valence-corrected chi connectivity index (χ3v) is 3.19. The lowest BCUT2D eigenvalue weighted by atomic mass is 10.2. The molecule has 2 aromatic rings. The monoisotopic (exact) mass is 291 g/mol. The fraction of sp³-hybridized carbons (Fsp3) is 0.143. The van der Waals surface area contributed by atoms with Gasteiger partial charge in [0.25, 0.3) is 0 Å². The van der Waals surface area contributed by atoms with Gasteiger partial charge in [-0.05, 0) is 23.8 Å². The van der Waals surface area contributed by atoms with Gasteiger partial charge in [-0.2, -0.15) is 0 Å². The Hall–Kier alpha value is -2.05. The summed E-state index contributed by atoms with van der Waals surface area (Å²) in [5.74, 6) is 0. The number of para-hydroxylation sites is 2. The molecule has 0 saturated heterocycles. The fourth-order valence-corrected chi connectivity index (χ4v) is 2.34. The van der Waals surface area contributed by atoms with E-state index in [0.29, 0.717) is 12.2 Å². The van der Waals surface area contributed by atoms with Gasteiger partial charge in [-0.1, -0.05) is 36.4 Å². The van der Waals surface area contributed by atoms with E-state index in [0.717, 1.165) is 17.5 Å². The van der Waals surface area contributed by atoms with Gasteiger partial charge < -0.3 is 5.43 Å². The normalized spacial score (nSPS) is 11.1. The summed E-state index contributed by atoms with van der Waals surface area (Å²) in [6.07, 6.45) is 1.14. The molecule has 0 radical (unpaired) electrons. The van der Waals surface area contributed by atoms with Crippen LogP contribution in [0.1, 0.15) is 5.56 Å². The minimum Gasteiger partial charge on any atom is -0.321 e. The third-order valence-electron chi connectivity index (χ3n) is 2.60. The predicted molar refractivity (Wildman–Crippen MR) is 81.8 cm³/mol. The Kier molecular flexibility index (Phi) is 4.60. The largest absolute Gasteiger partial charge is 0.321 e.